The number of carbonyl (C=O) groups is 2. The minimum absolute atomic E-state index is 0.139. The summed E-state index contributed by atoms with van der Waals surface area (Å²) in [7, 11) is 0. The van der Waals surface area contributed by atoms with Gasteiger partial charge in [-0.25, -0.2) is 4.79 Å². The molecular weight excluding hydrogens is 598 g/mol. The monoisotopic (exact) mass is 621 g/mol. The molecule has 4 aromatic rings. The fourth-order valence-corrected chi connectivity index (χ4v) is 5.76. The highest BCUT2D eigenvalue weighted by molar-refractivity contribution is 6.38. The van der Waals surface area contributed by atoms with E-state index in [4.69, 9.17) is 32.7 Å². The summed E-state index contributed by atoms with van der Waals surface area (Å²) in [5.74, 6) is -1.74. The molecule has 1 aliphatic rings. The second-order valence-corrected chi connectivity index (χ2v) is 10.7. The third-order valence-electron chi connectivity index (χ3n) is 7.29. The normalized spacial score (nSPS) is 16.5. The molecule has 0 saturated carbocycles. The number of carbonyl (C=O) groups excluding carboxylic acids is 1. The Hall–Kier alpha value is -3.89. The van der Waals surface area contributed by atoms with Crippen molar-refractivity contribution in [2.75, 3.05) is 0 Å². The van der Waals surface area contributed by atoms with Gasteiger partial charge < -0.3 is 23.9 Å². The highest BCUT2D eigenvalue weighted by atomic mass is 35.5. The molecule has 1 atom stereocenters. The van der Waals surface area contributed by atoms with Gasteiger partial charge >= 0.3 is 12.5 Å². The number of ether oxygens (including phenoxy) is 3. The molecule has 0 spiro atoms. The summed E-state index contributed by atoms with van der Waals surface area (Å²) in [6.07, 6.45) is -5.17. The van der Waals surface area contributed by atoms with E-state index in [0.717, 1.165) is 11.6 Å². The van der Waals surface area contributed by atoms with E-state index in [-0.39, 0.29) is 22.7 Å². The summed E-state index contributed by atoms with van der Waals surface area (Å²) in [5.41, 5.74) is 2.83. The van der Waals surface area contributed by atoms with Gasteiger partial charge in [-0.05, 0) is 60.9 Å². The molecule has 1 aliphatic heterocycles. The first-order chi connectivity index (χ1) is 19.8. The zero-order valence-electron chi connectivity index (χ0n) is 22.4. The summed E-state index contributed by atoms with van der Waals surface area (Å²) in [6, 6.07) is 13.7. The Bertz CT molecular complexity index is 1720. The van der Waals surface area contributed by atoms with E-state index in [2.05, 4.69) is 4.74 Å². The molecular formula is C30H24Cl2F3NO6. The van der Waals surface area contributed by atoms with Crippen LogP contribution in [-0.2, 0) is 17.7 Å². The minimum Gasteiger partial charge on any atom is -0.452 e. The van der Waals surface area contributed by atoms with Crippen LogP contribution in [0.5, 0.6) is 11.5 Å². The second-order valence-electron chi connectivity index (χ2n) is 9.90. The third kappa shape index (κ3) is 5.87. The number of carboxylic acid groups (broad SMARTS) is 1. The van der Waals surface area contributed by atoms with Crippen LogP contribution < -0.4 is 9.47 Å². The lowest BCUT2D eigenvalue weighted by atomic mass is 9.96. The molecule has 2 heterocycles. The Morgan fingerprint density at radius 1 is 1.10 bits per heavy atom. The largest absolute Gasteiger partial charge is 0.573 e. The molecule has 0 fully saturated rings. The molecule has 5 rings (SSSR count). The van der Waals surface area contributed by atoms with Crippen molar-refractivity contribution < 1.29 is 42.1 Å². The van der Waals surface area contributed by atoms with Gasteiger partial charge in [0.25, 0.3) is 5.79 Å². The lowest BCUT2D eigenvalue weighted by Gasteiger charge is -2.36. The van der Waals surface area contributed by atoms with Gasteiger partial charge in [0.1, 0.15) is 11.5 Å². The number of fused-ring (bicyclic) bond motifs is 2. The Labute approximate surface area is 248 Å². The van der Waals surface area contributed by atoms with Crippen LogP contribution in [0.3, 0.4) is 0 Å². The van der Waals surface area contributed by atoms with E-state index < -0.39 is 29.8 Å². The second kappa shape index (κ2) is 11.1. The first kappa shape index (κ1) is 29.6. The molecule has 0 amide bonds. The number of alkyl halides is 3. The van der Waals surface area contributed by atoms with Gasteiger partial charge in [-0.2, -0.15) is 0 Å². The molecule has 0 unspecified atom stereocenters. The van der Waals surface area contributed by atoms with E-state index in [9.17, 15) is 27.9 Å². The average Bonchev–Trinajstić information content (AvgIpc) is 3.17. The summed E-state index contributed by atoms with van der Waals surface area (Å²) < 4.78 is 56.2. The number of nitrogens with zero attached hydrogens (tertiary/aromatic N) is 1. The fourth-order valence-electron chi connectivity index (χ4n) is 5.26. The van der Waals surface area contributed by atoms with Crippen molar-refractivity contribution in [3.63, 3.8) is 0 Å². The molecule has 220 valence electrons. The summed E-state index contributed by atoms with van der Waals surface area (Å²) in [5, 5.41) is 10.1. The molecule has 3 aromatic carbocycles. The van der Waals surface area contributed by atoms with Crippen LogP contribution in [0.25, 0.3) is 10.9 Å². The van der Waals surface area contributed by atoms with Gasteiger partial charge in [-0.1, -0.05) is 42.3 Å². The standard InChI is InChI=1S/C30H24Cl2F3NO6/c1-3-29(42-28(38)39)11-10-18-5-4-17(12-25(18)41-29)15-36-16(2)26(27(37)21-8-6-19(31)13-23(21)32)22-9-7-20(14-24(22)36)40-30(33,34)35/h4-9,12-14H,3,10-11,15H2,1-2H3,(H,38,39)/t29-/m1/s1. The predicted molar refractivity (Wildman–Crippen MR) is 150 cm³/mol. The van der Waals surface area contributed by atoms with Crippen LogP contribution in [0, 0.1) is 6.92 Å². The quantitative estimate of drug-likeness (QED) is 0.164. The molecule has 7 nitrogen and oxygen atoms in total. The van der Waals surface area contributed by atoms with E-state index >= 15 is 0 Å². The Morgan fingerprint density at radius 2 is 1.86 bits per heavy atom. The zero-order valence-corrected chi connectivity index (χ0v) is 23.9. The molecule has 0 radical (unpaired) electrons. The lowest BCUT2D eigenvalue weighted by molar-refractivity contribution is -0.274. The topological polar surface area (TPSA) is 87.0 Å². The van der Waals surface area contributed by atoms with Crippen molar-refractivity contribution in [2.45, 2.75) is 51.8 Å². The molecule has 1 aromatic heterocycles. The van der Waals surface area contributed by atoms with Crippen LogP contribution in [0.15, 0.2) is 54.6 Å². The summed E-state index contributed by atoms with van der Waals surface area (Å²) in [4.78, 5) is 25.0. The van der Waals surface area contributed by atoms with Gasteiger partial charge in [0, 0.05) is 47.1 Å². The number of ketones is 1. The van der Waals surface area contributed by atoms with Gasteiger partial charge in [0.05, 0.1) is 16.1 Å². The number of rotatable bonds is 7. The van der Waals surface area contributed by atoms with Gasteiger partial charge in [0.2, 0.25) is 0 Å². The lowest BCUT2D eigenvalue weighted by Crippen LogP contribution is -2.43. The van der Waals surface area contributed by atoms with Gasteiger partial charge in [-0.15, -0.1) is 13.2 Å². The number of benzene rings is 3. The molecule has 0 aliphatic carbocycles. The molecule has 1 N–H and O–H groups in total. The SMILES string of the molecule is CC[C@@]1(OC(=O)O)CCc2ccc(Cn3c(C)c(C(=O)c4ccc(Cl)cc4Cl)c4ccc(OC(F)(F)F)cc43)cc2O1. The number of aryl methyl sites for hydroxylation is 1. The number of hydrogen-bond donors (Lipinski definition) is 1. The number of aromatic nitrogens is 1. The minimum atomic E-state index is -4.91. The van der Waals surface area contributed by atoms with Gasteiger partial charge in [-0.3, -0.25) is 4.79 Å². The van der Waals surface area contributed by atoms with Crippen molar-refractivity contribution in [3.8, 4) is 11.5 Å². The van der Waals surface area contributed by atoms with Crippen LogP contribution >= 0.6 is 23.2 Å². The Morgan fingerprint density at radius 3 is 2.52 bits per heavy atom. The number of halogens is 5. The van der Waals surface area contributed by atoms with Gasteiger partial charge in [0.15, 0.2) is 5.78 Å². The van der Waals surface area contributed by atoms with Crippen molar-refractivity contribution >= 4 is 46.0 Å². The first-order valence-corrected chi connectivity index (χ1v) is 13.7. The van der Waals surface area contributed by atoms with E-state index in [1.165, 1.54) is 30.3 Å². The van der Waals surface area contributed by atoms with E-state index in [0.29, 0.717) is 52.2 Å². The molecule has 0 bridgehead atoms. The average molecular weight is 622 g/mol. The van der Waals surface area contributed by atoms with Crippen molar-refractivity contribution in [2.24, 2.45) is 0 Å². The van der Waals surface area contributed by atoms with Crippen molar-refractivity contribution in [1.82, 2.24) is 4.57 Å². The van der Waals surface area contributed by atoms with E-state index in [1.54, 1.807) is 24.5 Å². The zero-order chi connectivity index (χ0) is 30.4. The molecule has 0 saturated heterocycles. The van der Waals surface area contributed by atoms with E-state index in [1.807, 2.05) is 12.1 Å². The van der Waals surface area contributed by atoms with Crippen LogP contribution in [-0.4, -0.2) is 33.8 Å². The van der Waals surface area contributed by atoms with Crippen molar-refractivity contribution in [3.05, 3.63) is 92.6 Å². The van der Waals surface area contributed by atoms with Crippen LogP contribution in [0.4, 0.5) is 18.0 Å². The Kier molecular flexibility index (Phi) is 7.80. The highest BCUT2D eigenvalue weighted by Crippen LogP contribution is 2.38. The van der Waals surface area contributed by atoms with Crippen LogP contribution in [0.1, 0.15) is 52.5 Å². The molecule has 42 heavy (non-hydrogen) atoms. The maximum Gasteiger partial charge on any atom is 0.573 e. The first-order valence-electron chi connectivity index (χ1n) is 12.9. The fraction of sp³-hybridized carbons (Fsp3) is 0.267. The number of hydrogen-bond acceptors (Lipinski definition) is 5. The summed E-state index contributed by atoms with van der Waals surface area (Å²) in [6.45, 7) is 3.60. The third-order valence-corrected chi connectivity index (χ3v) is 7.84. The smallest absolute Gasteiger partial charge is 0.452 e. The Balaban J connectivity index is 1.60. The summed E-state index contributed by atoms with van der Waals surface area (Å²) >= 11 is 12.3. The highest BCUT2D eigenvalue weighted by Gasteiger charge is 2.39. The predicted octanol–water partition coefficient (Wildman–Crippen LogP) is 8.56. The van der Waals surface area contributed by atoms with Crippen LogP contribution in [0.2, 0.25) is 10.0 Å². The maximum atomic E-state index is 13.7. The maximum absolute atomic E-state index is 13.7. The van der Waals surface area contributed by atoms with Crippen molar-refractivity contribution in [1.29, 1.82) is 0 Å². The molecule has 12 heteroatoms.